The largest absolute Gasteiger partial charge is 0.495 e. The summed E-state index contributed by atoms with van der Waals surface area (Å²) in [6.45, 7) is 0. The Morgan fingerprint density at radius 1 is 0.846 bits per heavy atom. The Bertz CT molecular complexity index is 1260. The third kappa shape index (κ3) is 2.62. The molecule has 0 saturated carbocycles. The highest BCUT2D eigenvalue weighted by molar-refractivity contribution is 5.93. The van der Waals surface area contributed by atoms with Crippen LogP contribution in [-0.4, -0.2) is 11.7 Å². The number of para-hydroxylation sites is 2. The summed E-state index contributed by atoms with van der Waals surface area (Å²) in [5.74, 6) is 7.02. The van der Waals surface area contributed by atoms with Crippen molar-refractivity contribution >= 4 is 21.8 Å². The second kappa shape index (κ2) is 6.42. The van der Waals surface area contributed by atoms with Gasteiger partial charge in [0.2, 0.25) is 0 Å². The molecule has 3 aromatic carbocycles. The first-order valence-electron chi connectivity index (χ1n) is 8.35. The van der Waals surface area contributed by atoms with Crippen molar-refractivity contribution in [3.05, 3.63) is 88.1 Å². The van der Waals surface area contributed by atoms with Gasteiger partial charge in [-0.25, -0.2) is 0 Å². The molecule has 1 aromatic heterocycles. The number of nitrogens with zero attached hydrogens (tertiary/aromatic N) is 1. The summed E-state index contributed by atoms with van der Waals surface area (Å²) in [4.78, 5) is 12.9. The van der Waals surface area contributed by atoms with Crippen LogP contribution in [0.25, 0.3) is 21.8 Å². The van der Waals surface area contributed by atoms with Crippen LogP contribution in [0.1, 0.15) is 11.1 Å². The van der Waals surface area contributed by atoms with Gasteiger partial charge in [-0.05, 0) is 42.5 Å². The molecule has 0 atom stereocenters. The predicted octanol–water partition coefficient (Wildman–Crippen LogP) is 4.10. The van der Waals surface area contributed by atoms with E-state index in [0.717, 1.165) is 33.3 Å². The van der Waals surface area contributed by atoms with Gasteiger partial charge in [0.05, 0.1) is 23.7 Å². The van der Waals surface area contributed by atoms with Crippen LogP contribution >= 0.6 is 0 Å². The van der Waals surface area contributed by atoms with Crippen molar-refractivity contribution in [1.29, 1.82) is 0 Å². The maximum Gasteiger partial charge on any atom is 0.197 e. The molecule has 3 heteroatoms. The zero-order valence-electron chi connectivity index (χ0n) is 14.6. The molecule has 126 valence electrons. The van der Waals surface area contributed by atoms with Crippen LogP contribution in [-0.2, 0) is 7.05 Å². The first-order chi connectivity index (χ1) is 12.7. The molecule has 0 unspecified atom stereocenters. The van der Waals surface area contributed by atoms with E-state index < -0.39 is 0 Å². The van der Waals surface area contributed by atoms with Gasteiger partial charge in [-0.15, -0.1) is 0 Å². The highest BCUT2D eigenvalue weighted by atomic mass is 16.5. The van der Waals surface area contributed by atoms with Gasteiger partial charge in [0.15, 0.2) is 5.43 Å². The summed E-state index contributed by atoms with van der Waals surface area (Å²) in [5.41, 5.74) is 3.49. The Hall–Kier alpha value is -3.51. The van der Waals surface area contributed by atoms with Crippen LogP contribution in [0.3, 0.4) is 0 Å². The average molecular weight is 339 g/mol. The number of ether oxygens (including phenoxy) is 1. The van der Waals surface area contributed by atoms with E-state index in [9.17, 15) is 4.79 Å². The van der Waals surface area contributed by atoms with Crippen LogP contribution in [0.4, 0.5) is 0 Å². The van der Waals surface area contributed by atoms with Gasteiger partial charge in [-0.2, -0.15) is 0 Å². The fourth-order valence-electron chi connectivity index (χ4n) is 3.21. The molecule has 4 rings (SSSR count). The minimum Gasteiger partial charge on any atom is -0.495 e. The molecule has 0 bridgehead atoms. The van der Waals surface area contributed by atoms with E-state index in [1.54, 1.807) is 7.11 Å². The Kier molecular flexibility index (Phi) is 3.95. The van der Waals surface area contributed by atoms with E-state index in [1.165, 1.54) is 0 Å². The van der Waals surface area contributed by atoms with Crippen molar-refractivity contribution in [2.75, 3.05) is 7.11 Å². The third-order valence-corrected chi connectivity index (χ3v) is 4.56. The quantitative estimate of drug-likeness (QED) is 0.386. The topological polar surface area (TPSA) is 31.2 Å². The first kappa shape index (κ1) is 16.0. The van der Waals surface area contributed by atoms with Gasteiger partial charge in [-0.3, -0.25) is 4.79 Å². The minimum absolute atomic E-state index is 0.0367. The van der Waals surface area contributed by atoms with Gasteiger partial charge in [0.1, 0.15) is 5.75 Å². The van der Waals surface area contributed by atoms with E-state index in [2.05, 4.69) is 11.8 Å². The summed E-state index contributed by atoms with van der Waals surface area (Å²) < 4.78 is 7.38. The first-order valence-corrected chi connectivity index (χ1v) is 8.35. The van der Waals surface area contributed by atoms with Crippen molar-refractivity contribution in [3.63, 3.8) is 0 Å². The van der Waals surface area contributed by atoms with Crippen LogP contribution < -0.4 is 10.2 Å². The van der Waals surface area contributed by atoms with E-state index in [1.807, 2.05) is 78.3 Å². The van der Waals surface area contributed by atoms with Crippen molar-refractivity contribution in [2.24, 2.45) is 7.05 Å². The molecule has 0 saturated heterocycles. The SMILES string of the molecule is COc1ccccc1C#Cc1ccc2c(c1)c(=O)c1ccccc1n2C. The third-order valence-electron chi connectivity index (χ3n) is 4.56. The van der Waals surface area contributed by atoms with E-state index >= 15 is 0 Å². The maximum absolute atomic E-state index is 12.9. The molecular formula is C23H17NO2. The number of rotatable bonds is 1. The molecule has 0 amide bonds. The lowest BCUT2D eigenvalue weighted by atomic mass is 10.1. The summed E-state index contributed by atoms with van der Waals surface area (Å²) in [6.07, 6.45) is 0. The highest BCUT2D eigenvalue weighted by Gasteiger charge is 2.08. The lowest BCUT2D eigenvalue weighted by Gasteiger charge is -2.10. The van der Waals surface area contributed by atoms with E-state index in [-0.39, 0.29) is 5.43 Å². The van der Waals surface area contributed by atoms with Crippen LogP contribution in [0, 0.1) is 11.8 Å². The molecular weight excluding hydrogens is 322 g/mol. The van der Waals surface area contributed by atoms with Crippen molar-refractivity contribution in [3.8, 4) is 17.6 Å². The van der Waals surface area contributed by atoms with E-state index in [0.29, 0.717) is 5.39 Å². The maximum atomic E-state index is 12.9. The van der Waals surface area contributed by atoms with E-state index in [4.69, 9.17) is 4.74 Å². The number of hydrogen-bond donors (Lipinski definition) is 0. The minimum atomic E-state index is 0.0367. The summed E-state index contributed by atoms with van der Waals surface area (Å²) in [7, 11) is 3.61. The molecule has 4 aromatic rings. The molecule has 1 heterocycles. The van der Waals surface area contributed by atoms with Gasteiger partial charge >= 0.3 is 0 Å². The smallest absolute Gasteiger partial charge is 0.197 e. The lowest BCUT2D eigenvalue weighted by molar-refractivity contribution is 0.413. The summed E-state index contributed by atoms with van der Waals surface area (Å²) in [6, 6.07) is 21.1. The Balaban J connectivity index is 1.90. The molecule has 0 aliphatic rings. The fraction of sp³-hybridized carbons (Fsp3) is 0.0870. The Morgan fingerprint density at radius 2 is 1.58 bits per heavy atom. The molecule has 0 aliphatic heterocycles. The number of methoxy groups -OCH3 is 1. The van der Waals surface area contributed by atoms with Crippen LogP contribution in [0.2, 0.25) is 0 Å². The van der Waals surface area contributed by atoms with Crippen molar-refractivity contribution < 1.29 is 4.74 Å². The fourth-order valence-corrected chi connectivity index (χ4v) is 3.21. The molecule has 0 fully saturated rings. The lowest BCUT2D eigenvalue weighted by Crippen LogP contribution is -2.09. The molecule has 0 aliphatic carbocycles. The second-order valence-corrected chi connectivity index (χ2v) is 6.09. The standard InChI is InChI=1S/C23H17NO2/c1-24-20-9-5-4-8-18(20)23(25)19-15-16(12-14-21(19)24)11-13-17-7-3-6-10-22(17)26-2/h3-10,12,14-15H,1-2H3. The second-order valence-electron chi connectivity index (χ2n) is 6.09. The van der Waals surface area contributed by atoms with Crippen molar-refractivity contribution in [1.82, 2.24) is 4.57 Å². The Morgan fingerprint density at radius 3 is 2.42 bits per heavy atom. The average Bonchev–Trinajstić information content (AvgIpc) is 2.70. The normalized spacial score (nSPS) is 10.5. The zero-order valence-corrected chi connectivity index (χ0v) is 14.6. The van der Waals surface area contributed by atoms with Gasteiger partial charge in [-0.1, -0.05) is 36.1 Å². The molecule has 0 spiro atoms. The summed E-state index contributed by atoms with van der Waals surface area (Å²) in [5, 5.41) is 1.40. The number of benzene rings is 3. The zero-order chi connectivity index (χ0) is 18.1. The van der Waals surface area contributed by atoms with Gasteiger partial charge < -0.3 is 9.30 Å². The molecule has 3 nitrogen and oxygen atoms in total. The Labute approximate surface area is 151 Å². The number of fused-ring (bicyclic) bond motifs is 2. The van der Waals surface area contributed by atoms with Crippen LogP contribution in [0.5, 0.6) is 5.75 Å². The molecule has 26 heavy (non-hydrogen) atoms. The number of aryl methyl sites for hydroxylation is 1. The summed E-state index contributed by atoms with van der Waals surface area (Å²) >= 11 is 0. The number of pyridine rings is 1. The molecule has 0 N–H and O–H groups in total. The number of hydrogen-bond acceptors (Lipinski definition) is 2. The van der Waals surface area contributed by atoms with Gasteiger partial charge in [0, 0.05) is 23.4 Å². The highest BCUT2D eigenvalue weighted by Crippen LogP contribution is 2.19. The van der Waals surface area contributed by atoms with Crippen LogP contribution in [0.15, 0.2) is 71.5 Å². The van der Waals surface area contributed by atoms with Gasteiger partial charge in [0.25, 0.3) is 0 Å². The number of aromatic nitrogens is 1. The predicted molar refractivity (Wildman–Crippen MR) is 106 cm³/mol. The monoisotopic (exact) mass is 339 g/mol. The van der Waals surface area contributed by atoms with Crippen molar-refractivity contribution in [2.45, 2.75) is 0 Å². The molecule has 0 radical (unpaired) electrons.